The van der Waals surface area contributed by atoms with Crippen LogP contribution in [0, 0.1) is 11.6 Å². The van der Waals surface area contributed by atoms with Crippen LogP contribution in [0.4, 0.5) is 14.5 Å². The van der Waals surface area contributed by atoms with Crippen LogP contribution in [0.15, 0.2) is 38.9 Å². The summed E-state index contributed by atoms with van der Waals surface area (Å²) < 4.78 is 33.9. The topological polar surface area (TPSA) is 51.3 Å². The van der Waals surface area contributed by atoms with E-state index in [1.807, 2.05) is 11.4 Å². The van der Waals surface area contributed by atoms with Gasteiger partial charge in [0.25, 0.3) is 5.89 Å². The van der Waals surface area contributed by atoms with E-state index in [0.29, 0.717) is 24.2 Å². The van der Waals surface area contributed by atoms with Crippen molar-refractivity contribution < 1.29 is 13.2 Å². The molecule has 0 saturated carbocycles. The lowest BCUT2D eigenvalue weighted by atomic mass is 10.0. The van der Waals surface area contributed by atoms with Crippen molar-refractivity contribution in [1.29, 1.82) is 0 Å². The third kappa shape index (κ3) is 2.62. The fourth-order valence-corrected chi connectivity index (χ4v) is 3.58. The normalized spacial score (nSPS) is 14.0. The fraction of sp³-hybridized carbons (Fsp3) is 0.250. The van der Waals surface area contributed by atoms with Gasteiger partial charge in [0.15, 0.2) is 0 Å². The number of aryl methyl sites for hydroxylation is 1. The minimum absolute atomic E-state index is 0.0588. The van der Waals surface area contributed by atoms with Gasteiger partial charge in [-0.15, -0.1) is 16.4 Å². The first kappa shape index (κ1) is 15.1. The van der Waals surface area contributed by atoms with Crippen molar-refractivity contribution in [1.82, 2.24) is 9.78 Å². The molecule has 0 radical (unpaired) electrons. The van der Waals surface area contributed by atoms with E-state index < -0.39 is 17.4 Å². The summed E-state index contributed by atoms with van der Waals surface area (Å²) in [6.07, 6.45) is 1.36. The number of fused-ring (bicyclic) bond motifs is 1. The number of nitrogens with zero attached hydrogens (tertiary/aromatic N) is 3. The third-order valence-corrected chi connectivity index (χ3v) is 4.80. The minimum Gasteiger partial charge on any atom is -0.387 e. The van der Waals surface area contributed by atoms with Crippen molar-refractivity contribution in [2.45, 2.75) is 19.5 Å². The molecule has 0 spiro atoms. The second-order valence-corrected chi connectivity index (χ2v) is 6.50. The van der Waals surface area contributed by atoms with Crippen molar-refractivity contribution in [2.24, 2.45) is 0 Å². The first-order chi connectivity index (χ1) is 11.6. The molecular formula is C16H13F2N3O2S. The van der Waals surface area contributed by atoms with Crippen LogP contribution in [0.2, 0.25) is 0 Å². The van der Waals surface area contributed by atoms with Gasteiger partial charge in [-0.3, -0.25) is 0 Å². The van der Waals surface area contributed by atoms with E-state index >= 15 is 0 Å². The number of hydrogen-bond donors (Lipinski definition) is 0. The summed E-state index contributed by atoms with van der Waals surface area (Å²) >= 11 is 1.41. The summed E-state index contributed by atoms with van der Waals surface area (Å²) in [6.45, 7) is 0.618. The second kappa shape index (κ2) is 5.86. The zero-order chi connectivity index (χ0) is 16.7. The number of aromatic nitrogens is 2. The van der Waals surface area contributed by atoms with Gasteiger partial charge >= 0.3 is 5.76 Å². The molecule has 2 aromatic heterocycles. The number of halogens is 2. The van der Waals surface area contributed by atoms with Crippen molar-refractivity contribution in [2.75, 3.05) is 11.4 Å². The summed E-state index contributed by atoms with van der Waals surface area (Å²) in [5, 5.41) is 6.04. The van der Waals surface area contributed by atoms with E-state index in [2.05, 4.69) is 5.10 Å². The Morgan fingerprint density at radius 2 is 2.21 bits per heavy atom. The van der Waals surface area contributed by atoms with Gasteiger partial charge in [-0.1, -0.05) is 6.07 Å². The molecule has 0 atom stereocenters. The molecule has 0 aliphatic carbocycles. The highest BCUT2D eigenvalue weighted by Crippen LogP contribution is 2.31. The van der Waals surface area contributed by atoms with E-state index in [4.69, 9.17) is 4.42 Å². The Morgan fingerprint density at radius 1 is 1.33 bits per heavy atom. The van der Waals surface area contributed by atoms with Gasteiger partial charge in [-0.05, 0) is 35.9 Å². The largest absolute Gasteiger partial charge is 0.439 e. The lowest BCUT2D eigenvalue weighted by molar-refractivity contribution is 0.463. The molecule has 124 valence electrons. The van der Waals surface area contributed by atoms with Gasteiger partial charge in [0.05, 0.1) is 10.6 Å². The van der Waals surface area contributed by atoms with Crippen LogP contribution >= 0.6 is 11.3 Å². The van der Waals surface area contributed by atoms with Gasteiger partial charge in [-0.25, -0.2) is 13.6 Å². The average molecular weight is 349 g/mol. The van der Waals surface area contributed by atoms with E-state index in [1.54, 1.807) is 11.0 Å². The Bertz CT molecular complexity index is 933. The number of rotatable bonds is 3. The Labute approximate surface area is 139 Å². The van der Waals surface area contributed by atoms with Crippen molar-refractivity contribution in [3.63, 3.8) is 0 Å². The lowest BCUT2D eigenvalue weighted by Gasteiger charge is -2.30. The molecule has 0 saturated heterocycles. The number of thiophene rings is 1. The third-order valence-electron chi connectivity index (χ3n) is 3.94. The zero-order valence-corrected chi connectivity index (χ0v) is 13.4. The van der Waals surface area contributed by atoms with E-state index in [9.17, 15) is 13.6 Å². The van der Waals surface area contributed by atoms with Gasteiger partial charge in [-0.2, -0.15) is 4.68 Å². The monoisotopic (exact) mass is 349 g/mol. The van der Waals surface area contributed by atoms with Crippen LogP contribution < -0.4 is 10.7 Å². The number of benzene rings is 1. The molecule has 4 rings (SSSR count). The molecule has 0 bridgehead atoms. The standard InChI is InChI=1S/C16H13F2N3O2S/c17-11-7-10-3-1-5-20(14(10)12(18)8-11)9-21-16(22)23-15(19-21)13-4-2-6-24-13/h2,4,6-8H,1,3,5,9H2. The molecule has 8 heteroatoms. The Balaban J connectivity index is 1.67. The highest BCUT2D eigenvalue weighted by molar-refractivity contribution is 7.13. The maximum Gasteiger partial charge on any atom is 0.439 e. The Kier molecular flexibility index (Phi) is 3.68. The molecule has 1 aromatic carbocycles. The average Bonchev–Trinajstić information content (AvgIpc) is 3.17. The van der Waals surface area contributed by atoms with Gasteiger partial charge < -0.3 is 9.32 Å². The highest BCUT2D eigenvalue weighted by Gasteiger charge is 2.23. The molecule has 1 aliphatic rings. The number of hydrogen-bond acceptors (Lipinski definition) is 5. The van der Waals surface area contributed by atoms with E-state index in [0.717, 1.165) is 22.0 Å². The zero-order valence-electron chi connectivity index (χ0n) is 12.5. The van der Waals surface area contributed by atoms with E-state index in [-0.39, 0.29) is 12.6 Å². The molecule has 5 nitrogen and oxygen atoms in total. The molecular weight excluding hydrogens is 336 g/mol. The summed E-state index contributed by atoms with van der Waals surface area (Å²) in [4.78, 5) is 14.5. The SMILES string of the molecule is O=c1oc(-c2cccs2)nn1CN1CCCc2cc(F)cc(F)c21. The first-order valence-electron chi connectivity index (χ1n) is 7.46. The molecule has 0 fully saturated rings. The second-order valence-electron chi connectivity index (χ2n) is 5.55. The maximum atomic E-state index is 14.2. The van der Waals surface area contributed by atoms with Crippen LogP contribution in [-0.4, -0.2) is 16.3 Å². The van der Waals surface area contributed by atoms with Crippen molar-refractivity contribution in [3.8, 4) is 10.8 Å². The molecule has 1 aliphatic heterocycles. The predicted octanol–water partition coefficient (Wildman–Crippen LogP) is 3.25. The summed E-state index contributed by atoms with van der Waals surface area (Å²) in [5.74, 6) is -1.58. The van der Waals surface area contributed by atoms with Gasteiger partial charge in [0.2, 0.25) is 0 Å². The fourth-order valence-electron chi connectivity index (χ4n) is 2.93. The van der Waals surface area contributed by atoms with Crippen molar-refractivity contribution in [3.05, 3.63) is 57.4 Å². The maximum absolute atomic E-state index is 14.2. The lowest BCUT2D eigenvalue weighted by Crippen LogP contribution is -2.35. The molecule has 0 N–H and O–H groups in total. The summed E-state index contributed by atoms with van der Waals surface area (Å²) in [7, 11) is 0. The van der Waals surface area contributed by atoms with Crippen LogP contribution in [0.1, 0.15) is 12.0 Å². The minimum atomic E-state index is -0.625. The molecule has 3 aromatic rings. The summed E-state index contributed by atoms with van der Waals surface area (Å²) in [5.41, 5.74) is 0.934. The Hall–Kier alpha value is -2.48. The smallest absolute Gasteiger partial charge is 0.387 e. The van der Waals surface area contributed by atoms with Crippen LogP contribution in [-0.2, 0) is 13.1 Å². The summed E-state index contributed by atoms with van der Waals surface area (Å²) in [6, 6.07) is 5.84. The number of anilines is 1. The molecule has 0 amide bonds. The molecule has 3 heterocycles. The molecule has 24 heavy (non-hydrogen) atoms. The van der Waals surface area contributed by atoms with Gasteiger partial charge in [0.1, 0.15) is 18.3 Å². The highest BCUT2D eigenvalue weighted by atomic mass is 32.1. The quantitative estimate of drug-likeness (QED) is 0.728. The van der Waals surface area contributed by atoms with Crippen molar-refractivity contribution >= 4 is 17.0 Å². The van der Waals surface area contributed by atoms with Crippen LogP contribution in [0.25, 0.3) is 10.8 Å². The predicted molar refractivity (Wildman–Crippen MR) is 86.1 cm³/mol. The van der Waals surface area contributed by atoms with E-state index in [1.165, 1.54) is 17.4 Å². The first-order valence-corrected chi connectivity index (χ1v) is 8.34. The molecule has 0 unspecified atom stereocenters. The van der Waals surface area contributed by atoms with Crippen LogP contribution in [0.3, 0.4) is 0 Å². The van der Waals surface area contributed by atoms with Crippen LogP contribution in [0.5, 0.6) is 0 Å². The van der Waals surface area contributed by atoms with Gasteiger partial charge in [0, 0.05) is 12.6 Å². The Morgan fingerprint density at radius 3 is 3.00 bits per heavy atom.